The smallest absolute Gasteiger partial charge is 0.416 e. The van der Waals surface area contributed by atoms with Gasteiger partial charge >= 0.3 is 12.2 Å². The van der Waals surface area contributed by atoms with E-state index in [-0.39, 0.29) is 5.75 Å². The molecule has 5 nitrogen and oxygen atoms in total. The van der Waals surface area contributed by atoms with E-state index in [9.17, 15) is 22.8 Å². The molecule has 0 saturated heterocycles. The summed E-state index contributed by atoms with van der Waals surface area (Å²) in [5, 5.41) is 1.79. The third-order valence-corrected chi connectivity index (χ3v) is 2.11. The van der Waals surface area contributed by atoms with E-state index in [1.54, 1.807) is 5.32 Å². The van der Waals surface area contributed by atoms with Crippen LogP contribution < -0.4 is 15.8 Å². The van der Waals surface area contributed by atoms with Crippen LogP contribution >= 0.6 is 0 Å². The van der Waals surface area contributed by atoms with Crippen LogP contribution in [0, 0.1) is 0 Å². The average molecular weight is 276 g/mol. The molecule has 1 aromatic rings. The van der Waals surface area contributed by atoms with Crippen molar-refractivity contribution in [3.05, 3.63) is 29.8 Å². The predicted molar refractivity (Wildman–Crippen MR) is 59.3 cm³/mol. The number of benzene rings is 1. The van der Waals surface area contributed by atoms with Crippen molar-refractivity contribution in [3.8, 4) is 5.75 Å². The van der Waals surface area contributed by atoms with E-state index in [2.05, 4.69) is 0 Å². The van der Waals surface area contributed by atoms with Crippen LogP contribution in [0.2, 0.25) is 0 Å². The third kappa shape index (κ3) is 4.49. The Labute approximate surface area is 106 Å². The summed E-state index contributed by atoms with van der Waals surface area (Å²) < 4.78 is 41.9. The van der Waals surface area contributed by atoms with Crippen LogP contribution in [0.3, 0.4) is 0 Å². The molecule has 8 heteroatoms. The van der Waals surface area contributed by atoms with Crippen molar-refractivity contribution in [1.29, 1.82) is 0 Å². The molecule has 0 bridgehead atoms. The molecule has 1 atom stereocenters. The average Bonchev–Trinajstić information content (AvgIpc) is 2.27. The first-order valence-corrected chi connectivity index (χ1v) is 5.14. The second kappa shape index (κ2) is 5.59. The van der Waals surface area contributed by atoms with Gasteiger partial charge in [0, 0.05) is 0 Å². The van der Waals surface area contributed by atoms with Crippen molar-refractivity contribution in [3.63, 3.8) is 0 Å². The van der Waals surface area contributed by atoms with Gasteiger partial charge in [-0.15, -0.1) is 0 Å². The molecule has 3 amide bonds. The Morgan fingerprint density at radius 1 is 1.26 bits per heavy atom. The van der Waals surface area contributed by atoms with E-state index in [0.29, 0.717) is 0 Å². The Hall–Kier alpha value is -2.25. The molecule has 0 heterocycles. The fourth-order valence-corrected chi connectivity index (χ4v) is 1.20. The summed E-state index contributed by atoms with van der Waals surface area (Å²) in [6.45, 7) is 1.33. The molecule has 0 aliphatic heterocycles. The minimum absolute atomic E-state index is 0.0696. The zero-order valence-electron chi connectivity index (χ0n) is 9.82. The van der Waals surface area contributed by atoms with Crippen LogP contribution in [0.4, 0.5) is 18.0 Å². The number of hydrogen-bond donors (Lipinski definition) is 2. The topological polar surface area (TPSA) is 81.4 Å². The number of alkyl halides is 3. The Morgan fingerprint density at radius 2 is 1.79 bits per heavy atom. The highest BCUT2D eigenvalue weighted by Crippen LogP contribution is 2.30. The second-order valence-corrected chi connectivity index (χ2v) is 3.64. The Morgan fingerprint density at radius 3 is 2.21 bits per heavy atom. The van der Waals surface area contributed by atoms with Crippen molar-refractivity contribution < 1.29 is 27.5 Å². The molecule has 0 aliphatic carbocycles. The summed E-state index contributed by atoms with van der Waals surface area (Å²) >= 11 is 0. The van der Waals surface area contributed by atoms with Crippen LogP contribution in [-0.2, 0) is 11.0 Å². The molecule has 0 radical (unpaired) electrons. The number of urea groups is 1. The number of amides is 3. The minimum Gasteiger partial charge on any atom is -0.481 e. The van der Waals surface area contributed by atoms with Crippen LogP contribution in [0.25, 0.3) is 0 Å². The maximum atomic E-state index is 12.3. The van der Waals surface area contributed by atoms with Crippen molar-refractivity contribution >= 4 is 11.9 Å². The summed E-state index contributed by atoms with van der Waals surface area (Å²) in [4.78, 5) is 21.7. The molecule has 1 aromatic carbocycles. The number of carbonyl (C=O) groups is 2. The highest BCUT2D eigenvalue weighted by atomic mass is 19.4. The Bertz CT molecular complexity index is 471. The zero-order valence-corrected chi connectivity index (χ0v) is 9.82. The van der Waals surface area contributed by atoms with E-state index < -0.39 is 29.8 Å². The van der Waals surface area contributed by atoms with Gasteiger partial charge in [-0.05, 0) is 31.2 Å². The molecular formula is C11H11F3N2O3. The number of nitrogens with one attached hydrogen (secondary N) is 1. The molecule has 0 aromatic heterocycles. The predicted octanol–water partition coefficient (Wildman–Crippen LogP) is 1.67. The van der Waals surface area contributed by atoms with Gasteiger partial charge in [0.2, 0.25) is 0 Å². The number of carbonyl (C=O) groups excluding carboxylic acids is 2. The second-order valence-electron chi connectivity index (χ2n) is 3.64. The number of halogens is 3. The molecule has 104 valence electrons. The van der Waals surface area contributed by atoms with Gasteiger partial charge in [-0.25, -0.2) is 4.79 Å². The molecule has 0 aliphatic rings. The molecule has 1 unspecified atom stereocenters. The van der Waals surface area contributed by atoms with Gasteiger partial charge in [0.05, 0.1) is 5.56 Å². The van der Waals surface area contributed by atoms with E-state index in [1.165, 1.54) is 6.92 Å². The Kier molecular flexibility index (Phi) is 4.36. The lowest BCUT2D eigenvalue weighted by Crippen LogP contribution is -2.42. The molecule has 3 N–H and O–H groups in total. The molecule has 0 spiro atoms. The molecule has 1 rings (SSSR count). The molecular weight excluding hydrogens is 265 g/mol. The number of rotatable bonds is 3. The molecule has 0 saturated carbocycles. The van der Waals surface area contributed by atoms with Crippen LogP contribution in [0.15, 0.2) is 24.3 Å². The van der Waals surface area contributed by atoms with Crippen LogP contribution in [0.5, 0.6) is 5.75 Å². The summed E-state index contributed by atoms with van der Waals surface area (Å²) in [5.74, 6) is -0.715. The van der Waals surface area contributed by atoms with E-state index >= 15 is 0 Å². The standard InChI is InChI=1S/C11H11F3N2O3/c1-6(9(17)16-10(15)18)19-8-4-2-7(3-5-8)11(12,13)14/h2-6H,1H3,(H3,15,16,17,18). The SMILES string of the molecule is CC(Oc1ccc(C(F)(F)F)cc1)C(=O)NC(N)=O. The number of nitrogens with two attached hydrogens (primary N) is 1. The van der Waals surface area contributed by atoms with Crippen molar-refractivity contribution in [2.24, 2.45) is 5.73 Å². The first-order chi connectivity index (χ1) is 8.70. The lowest BCUT2D eigenvalue weighted by atomic mass is 10.2. The van der Waals surface area contributed by atoms with E-state index in [0.717, 1.165) is 24.3 Å². The maximum absolute atomic E-state index is 12.3. The van der Waals surface area contributed by atoms with E-state index in [1.807, 2.05) is 0 Å². The number of primary amides is 1. The molecule has 0 fully saturated rings. The number of ether oxygens (including phenoxy) is 1. The first kappa shape index (κ1) is 14.8. The van der Waals surface area contributed by atoms with Gasteiger partial charge in [0.25, 0.3) is 5.91 Å². The van der Waals surface area contributed by atoms with Gasteiger partial charge < -0.3 is 10.5 Å². The van der Waals surface area contributed by atoms with Gasteiger partial charge in [-0.3, -0.25) is 10.1 Å². The van der Waals surface area contributed by atoms with Crippen molar-refractivity contribution in [1.82, 2.24) is 5.32 Å². The highest BCUT2D eigenvalue weighted by Gasteiger charge is 2.30. The number of hydrogen-bond acceptors (Lipinski definition) is 3. The summed E-state index contributed by atoms with van der Waals surface area (Å²) in [6.07, 6.45) is -5.50. The fourth-order valence-electron chi connectivity index (χ4n) is 1.20. The van der Waals surface area contributed by atoms with Gasteiger partial charge in [0.1, 0.15) is 5.75 Å². The van der Waals surface area contributed by atoms with E-state index in [4.69, 9.17) is 10.5 Å². The summed E-state index contributed by atoms with van der Waals surface area (Å²) in [6, 6.07) is 2.78. The van der Waals surface area contributed by atoms with Gasteiger partial charge in [-0.2, -0.15) is 13.2 Å². The summed E-state index contributed by atoms with van der Waals surface area (Å²) in [5.41, 5.74) is 3.92. The fraction of sp³-hybridized carbons (Fsp3) is 0.273. The normalized spacial score (nSPS) is 12.6. The van der Waals surface area contributed by atoms with Gasteiger partial charge in [-0.1, -0.05) is 0 Å². The maximum Gasteiger partial charge on any atom is 0.416 e. The summed E-state index contributed by atoms with van der Waals surface area (Å²) in [7, 11) is 0. The largest absolute Gasteiger partial charge is 0.481 e. The minimum atomic E-state index is -4.44. The van der Waals surface area contributed by atoms with Gasteiger partial charge in [0.15, 0.2) is 6.10 Å². The highest BCUT2D eigenvalue weighted by molar-refractivity contribution is 5.95. The third-order valence-electron chi connectivity index (χ3n) is 2.11. The lowest BCUT2D eigenvalue weighted by Gasteiger charge is -2.14. The quantitative estimate of drug-likeness (QED) is 0.881. The molecule has 19 heavy (non-hydrogen) atoms. The zero-order chi connectivity index (χ0) is 14.6. The monoisotopic (exact) mass is 276 g/mol. The van der Waals surface area contributed by atoms with Crippen molar-refractivity contribution in [2.75, 3.05) is 0 Å². The lowest BCUT2D eigenvalue weighted by molar-refractivity contribution is -0.137. The van der Waals surface area contributed by atoms with Crippen LogP contribution in [-0.4, -0.2) is 18.0 Å². The first-order valence-electron chi connectivity index (χ1n) is 5.14. The Balaban J connectivity index is 2.68. The number of imide groups is 1. The van der Waals surface area contributed by atoms with Crippen molar-refractivity contribution in [2.45, 2.75) is 19.2 Å². The van der Waals surface area contributed by atoms with Crippen LogP contribution in [0.1, 0.15) is 12.5 Å².